The van der Waals surface area contributed by atoms with Crippen molar-refractivity contribution in [3.05, 3.63) is 29.7 Å². The molecule has 0 fully saturated rings. The summed E-state index contributed by atoms with van der Waals surface area (Å²) >= 11 is 0. The zero-order valence-corrected chi connectivity index (χ0v) is 13.0. The lowest BCUT2D eigenvalue weighted by Gasteiger charge is -2.21. The van der Waals surface area contributed by atoms with Crippen LogP contribution in [0.1, 0.15) is 33.4 Å². The van der Waals surface area contributed by atoms with Crippen molar-refractivity contribution in [2.24, 2.45) is 0 Å². The Morgan fingerprint density at radius 2 is 2.00 bits per heavy atom. The van der Waals surface area contributed by atoms with Gasteiger partial charge in [-0.3, -0.25) is 0 Å². The van der Waals surface area contributed by atoms with Crippen molar-refractivity contribution in [2.45, 2.75) is 40.2 Å². The minimum atomic E-state index is -0.506. The van der Waals surface area contributed by atoms with E-state index in [0.717, 1.165) is 0 Å². The molecule has 0 unspecified atom stereocenters. The van der Waals surface area contributed by atoms with E-state index in [-0.39, 0.29) is 12.4 Å². The van der Waals surface area contributed by atoms with Gasteiger partial charge in [0.25, 0.3) is 0 Å². The molecule has 0 aliphatic heterocycles. The van der Waals surface area contributed by atoms with E-state index >= 15 is 0 Å². The Hall–Kier alpha value is -2.04. The average Bonchev–Trinajstić information content (AvgIpc) is 2.69. The molecule has 2 rings (SSSR count). The molecule has 21 heavy (non-hydrogen) atoms. The number of hydrogen-bond donors (Lipinski definition) is 0. The van der Waals surface area contributed by atoms with Gasteiger partial charge >= 0.3 is 6.09 Å². The summed E-state index contributed by atoms with van der Waals surface area (Å²) in [7, 11) is 0. The molecule has 114 valence electrons. The number of carbonyl (C=O) groups excluding carboxylic acids is 1. The maximum atomic E-state index is 14.6. The number of fused-ring (bicyclic) bond motifs is 1. The Bertz CT molecular complexity index is 683. The fraction of sp³-hybridized carbons (Fsp3) is 0.438. The van der Waals surface area contributed by atoms with E-state index in [2.05, 4.69) is 0 Å². The van der Waals surface area contributed by atoms with Gasteiger partial charge in [0.2, 0.25) is 0 Å². The van der Waals surface area contributed by atoms with Crippen molar-refractivity contribution in [3.8, 4) is 5.75 Å². The predicted octanol–water partition coefficient (Wildman–Crippen LogP) is 4.27. The number of hydrogen-bond acceptors (Lipinski definition) is 3. The summed E-state index contributed by atoms with van der Waals surface area (Å²) in [6.07, 6.45) is -0.506. The summed E-state index contributed by atoms with van der Waals surface area (Å²) in [5.74, 6) is -0.287. The number of nitrogens with zero attached hydrogens (tertiary/aromatic N) is 1. The van der Waals surface area contributed by atoms with Crippen LogP contribution < -0.4 is 4.74 Å². The Kier molecular flexibility index (Phi) is 3.94. The second-order valence-electron chi connectivity index (χ2n) is 5.84. The van der Waals surface area contributed by atoms with E-state index in [9.17, 15) is 9.18 Å². The minimum absolute atomic E-state index is 0.177. The van der Waals surface area contributed by atoms with Crippen LogP contribution in [0.3, 0.4) is 0 Å². The molecule has 0 amide bonds. The number of aryl methyl sites for hydroxylation is 1. The maximum absolute atomic E-state index is 14.6. The second-order valence-corrected chi connectivity index (χ2v) is 5.84. The van der Waals surface area contributed by atoms with Crippen LogP contribution in [0, 0.1) is 12.7 Å². The fourth-order valence-electron chi connectivity index (χ4n) is 2.20. The number of aromatic nitrogens is 1. The zero-order chi connectivity index (χ0) is 15.8. The molecule has 0 radical (unpaired) electrons. The number of ether oxygens (including phenoxy) is 2. The highest BCUT2D eigenvalue weighted by Gasteiger charge is 2.21. The van der Waals surface area contributed by atoms with E-state index < -0.39 is 17.5 Å². The van der Waals surface area contributed by atoms with Gasteiger partial charge in [-0.15, -0.1) is 0 Å². The summed E-state index contributed by atoms with van der Waals surface area (Å²) < 4.78 is 26.5. The van der Waals surface area contributed by atoms with Gasteiger partial charge in [-0.05, 0) is 52.8 Å². The molecule has 1 aromatic carbocycles. The van der Waals surface area contributed by atoms with Crippen LogP contribution in [0.25, 0.3) is 10.9 Å². The fourth-order valence-corrected chi connectivity index (χ4v) is 2.20. The van der Waals surface area contributed by atoms with E-state index in [4.69, 9.17) is 9.47 Å². The highest BCUT2D eigenvalue weighted by Crippen LogP contribution is 2.31. The Balaban J connectivity index is 2.56. The van der Waals surface area contributed by atoms with Crippen molar-refractivity contribution in [1.29, 1.82) is 0 Å². The first kappa shape index (κ1) is 15.4. The third-order valence-electron chi connectivity index (χ3n) is 2.93. The van der Waals surface area contributed by atoms with Gasteiger partial charge in [0.05, 0.1) is 12.1 Å². The molecule has 4 nitrogen and oxygen atoms in total. The van der Waals surface area contributed by atoms with Crippen LogP contribution in [-0.2, 0) is 4.74 Å². The van der Waals surface area contributed by atoms with Crippen LogP contribution in [0.5, 0.6) is 5.75 Å². The summed E-state index contributed by atoms with van der Waals surface area (Å²) in [6.45, 7) is 9.30. The van der Waals surface area contributed by atoms with Gasteiger partial charge in [0.15, 0.2) is 11.6 Å². The molecular formula is C16H20FNO3. The molecule has 5 heteroatoms. The lowest BCUT2D eigenvalue weighted by atomic mass is 10.1. The third kappa shape index (κ3) is 3.01. The van der Waals surface area contributed by atoms with Gasteiger partial charge in [0, 0.05) is 11.1 Å². The highest BCUT2D eigenvalue weighted by atomic mass is 19.1. The van der Waals surface area contributed by atoms with E-state index in [1.807, 2.05) is 20.8 Å². The molecule has 0 aliphatic carbocycles. The maximum Gasteiger partial charge on any atom is 0.418 e. The van der Waals surface area contributed by atoms with Gasteiger partial charge < -0.3 is 9.47 Å². The molecule has 0 bridgehead atoms. The van der Waals surface area contributed by atoms with Gasteiger partial charge in [-0.25, -0.2) is 13.8 Å². The zero-order valence-electron chi connectivity index (χ0n) is 13.0. The molecule has 1 heterocycles. The third-order valence-corrected chi connectivity index (χ3v) is 2.93. The summed E-state index contributed by atoms with van der Waals surface area (Å²) in [6, 6.07) is 4.83. The molecule has 0 saturated heterocycles. The summed E-state index contributed by atoms with van der Waals surface area (Å²) in [5.41, 5.74) is 0.604. The first-order valence-corrected chi connectivity index (χ1v) is 6.91. The Labute approximate surface area is 123 Å². The number of benzene rings is 1. The van der Waals surface area contributed by atoms with Gasteiger partial charge in [-0.1, -0.05) is 0 Å². The van der Waals surface area contributed by atoms with Crippen LogP contribution in [-0.4, -0.2) is 22.9 Å². The van der Waals surface area contributed by atoms with Crippen LogP contribution >= 0.6 is 0 Å². The van der Waals surface area contributed by atoms with Gasteiger partial charge in [-0.2, -0.15) is 0 Å². The van der Waals surface area contributed by atoms with Crippen molar-refractivity contribution in [1.82, 2.24) is 4.57 Å². The minimum Gasteiger partial charge on any atom is -0.485 e. The van der Waals surface area contributed by atoms with Crippen LogP contribution in [0.2, 0.25) is 0 Å². The topological polar surface area (TPSA) is 40.5 Å². The average molecular weight is 293 g/mol. The number of carbonyl (C=O) groups is 1. The first-order valence-electron chi connectivity index (χ1n) is 6.91. The van der Waals surface area contributed by atoms with Crippen LogP contribution in [0.4, 0.5) is 9.18 Å². The van der Waals surface area contributed by atoms with Crippen molar-refractivity contribution in [3.63, 3.8) is 0 Å². The lowest BCUT2D eigenvalue weighted by Crippen LogP contribution is -2.23. The summed E-state index contributed by atoms with van der Waals surface area (Å²) in [4.78, 5) is 12.0. The molecule has 1 aromatic heterocycles. The predicted molar refractivity (Wildman–Crippen MR) is 79.4 cm³/mol. The normalized spacial score (nSPS) is 11.7. The van der Waals surface area contributed by atoms with E-state index in [1.54, 1.807) is 26.0 Å². The molecule has 0 atom stereocenters. The Morgan fingerprint density at radius 1 is 1.33 bits per heavy atom. The smallest absolute Gasteiger partial charge is 0.418 e. The lowest BCUT2D eigenvalue weighted by molar-refractivity contribution is 0.125. The first-order chi connectivity index (χ1) is 9.74. The quantitative estimate of drug-likeness (QED) is 0.830. The number of rotatable bonds is 2. The van der Waals surface area contributed by atoms with E-state index in [1.165, 1.54) is 10.6 Å². The second kappa shape index (κ2) is 5.39. The SMILES string of the molecule is CCOC(=O)n1c(C)cc2c(F)c(OC(C)(C)C)ccc21. The molecule has 2 aromatic rings. The van der Waals surface area contributed by atoms with Crippen molar-refractivity contribution >= 4 is 17.0 Å². The molecular weight excluding hydrogens is 273 g/mol. The monoisotopic (exact) mass is 293 g/mol. The number of halogens is 1. The molecule has 0 saturated carbocycles. The van der Waals surface area contributed by atoms with Crippen molar-refractivity contribution < 1.29 is 18.7 Å². The molecule has 0 aliphatic rings. The molecule has 0 N–H and O–H groups in total. The Morgan fingerprint density at radius 3 is 2.57 bits per heavy atom. The van der Waals surface area contributed by atoms with Crippen molar-refractivity contribution in [2.75, 3.05) is 6.61 Å². The van der Waals surface area contributed by atoms with Crippen LogP contribution in [0.15, 0.2) is 18.2 Å². The van der Waals surface area contributed by atoms with E-state index in [0.29, 0.717) is 16.6 Å². The highest BCUT2D eigenvalue weighted by molar-refractivity contribution is 5.92. The van der Waals surface area contributed by atoms with Gasteiger partial charge in [0.1, 0.15) is 5.60 Å². The molecule has 0 spiro atoms. The standard InChI is InChI=1S/C16H20FNO3/c1-6-20-15(19)18-10(2)9-11-12(18)7-8-13(14(11)17)21-16(3,4)5/h7-9H,6H2,1-5H3. The largest absolute Gasteiger partial charge is 0.485 e. The summed E-state index contributed by atoms with van der Waals surface area (Å²) in [5, 5.41) is 0.349.